The highest BCUT2D eigenvalue weighted by atomic mass is 19.3. The second-order valence-electron chi connectivity index (χ2n) is 8.46. The van der Waals surface area contributed by atoms with E-state index < -0.39 is 29.3 Å². The molecule has 0 unspecified atom stereocenters. The van der Waals surface area contributed by atoms with Gasteiger partial charge in [-0.3, -0.25) is 4.79 Å². The molecule has 1 atom stereocenters. The molecule has 0 saturated heterocycles. The molecule has 2 heterocycles. The molecule has 1 aliphatic heterocycles. The minimum absolute atomic E-state index is 0.00913. The summed E-state index contributed by atoms with van der Waals surface area (Å²) in [6.45, 7) is 7.23. The van der Waals surface area contributed by atoms with Gasteiger partial charge in [0, 0.05) is 29.1 Å². The standard InChI is InChI=1S/C23H23F3N4O/c1-11(13-7-6-8-14(19(13)24)20(25)26)27-21-16-9-17-18(10-15(16)12(2)28-29-21)30(5)22(31)23(17,3)4/h6-11,20H,1-5H3,(H,27,29)/t11-/m1/s1. The third kappa shape index (κ3) is 3.21. The first kappa shape index (κ1) is 21.1. The Kier molecular flexibility index (Phi) is 4.91. The fraction of sp³-hybridized carbons (Fsp3) is 0.348. The number of nitrogens with zero attached hydrogens (tertiary/aromatic N) is 3. The van der Waals surface area contributed by atoms with Crippen LogP contribution in [0.4, 0.5) is 24.7 Å². The maximum absolute atomic E-state index is 14.6. The molecular formula is C23H23F3N4O. The maximum atomic E-state index is 14.6. The molecule has 2 aromatic carbocycles. The number of benzene rings is 2. The predicted molar refractivity (Wildman–Crippen MR) is 114 cm³/mol. The minimum atomic E-state index is -2.90. The van der Waals surface area contributed by atoms with Crippen molar-refractivity contribution in [3.05, 3.63) is 58.5 Å². The Bertz CT molecular complexity index is 1210. The molecule has 1 aromatic heterocycles. The van der Waals surface area contributed by atoms with E-state index in [-0.39, 0.29) is 11.5 Å². The van der Waals surface area contributed by atoms with Gasteiger partial charge in [-0.1, -0.05) is 18.2 Å². The van der Waals surface area contributed by atoms with Gasteiger partial charge in [0.15, 0.2) is 5.82 Å². The van der Waals surface area contributed by atoms with E-state index in [0.29, 0.717) is 11.5 Å². The number of amides is 1. The van der Waals surface area contributed by atoms with Crippen LogP contribution < -0.4 is 10.2 Å². The molecule has 0 spiro atoms. The van der Waals surface area contributed by atoms with Crippen molar-refractivity contribution in [2.45, 2.75) is 45.6 Å². The lowest BCUT2D eigenvalue weighted by Crippen LogP contribution is -2.33. The molecule has 0 saturated carbocycles. The zero-order chi connectivity index (χ0) is 22.7. The zero-order valence-electron chi connectivity index (χ0n) is 17.9. The van der Waals surface area contributed by atoms with E-state index in [1.54, 1.807) is 18.9 Å². The molecule has 0 bridgehead atoms. The Morgan fingerprint density at radius 1 is 1.10 bits per heavy atom. The van der Waals surface area contributed by atoms with E-state index in [4.69, 9.17) is 0 Å². The number of nitrogens with one attached hydrogen (secondary N) is 1. The Labute approximate surface area is 178 Å². The number of halogens is 3. The lowest BCUT2D eigenvalue weighted by atomic mass is 9.85. The zero-order valence-corrected chi connectivity index (χ0v) is 17.9. The SMILES string of the molecule is Cc1nnc(N[C@H](C)c2cccc(C(F)F)c2F)c2cc3c(cc12)N(C)C(=O)C3(C)C. The van der Waals surface area contributed by atoms with Crippen LogP contribution in [0.1, 0.15) is 55.6 Å². The molecule has 0 fully saturated rings. The topological polar surface area (TPSA) is 58.1 Å². The van der Waals surface area contributed by atoms with Crippen molar-refractivity contribution in [2.75, 3.05) is 17.3 Å². The quantitative estimate of drug-likeness (QED) is 0.601. The van der Waals surface area contributed by atoms with E-state index in [0.717, 1.165) is 28.1 Å². The van der Waals surface area contributed by atoms with Gasteiger partial charge < -0.3 is 10.2 Å². The Balaban J connectivity index is 1.81. The number of fused-ring (bicyclic) bond motifs is 2. The molecule has 1 amide bonds. The molecule has 1 aliphatic rings. The first-order chi connectivity index (χ1) is 14.5. The first-order valence-corrected chi connectivity index (χ1v) is 9.96. The van der Waals surface area contributed by atoms with Crippen molar-refractivity contribution in [3.8, 4) is 0 Å². The number of likely N-dealkylation sites (N-methyl/N-ethyl adjacent to an activating group) is 1. The maximum Gasteiger partial charge on any atom is 0.266 e. The van der Waals surface area contributed by atoms with Crippen molar-refractivity contribution in [1.29, 1.82) is 0 Å². The highest BCUT2D eigenvalue weighted by Crippen LogP contribution is 2.44. The minimum Gasteiger partial charge on any atom is -0.361 e. The number of anilines is 2. The molecule has 31 heavy (non-hydrogen) atoms. The van der Waals surface area contributed by atoms with Gasteiger partial charge in [0.2, 0.25) is 5.91 Å². The molecule has 162 valence electrons. The van der Waals surface area contributed by atoms with Crippen molar-refractivity contribution in [1.82, 2.24) is 10.2 Å². The monoisotopic (exact) mass is 428 g/mol. The summed E-state index contributed by atoms with van der Waals surface area (Å²) in [6.07, 6.45) is -2.90. The van der Waals surface area contributed by atoms with Gasteiger partial charge in [0.1, 0.15) is 5.82 Å². The largest absolute Gasteiger partial charge is 0.361 e. The van der Waals surface area contributed by atoms with Crippen LogP contribution in [-0.4, -0.2) is 23.2 Å². The number of carbonyl (C=O) groups excluding carboxylic acids is 1. The fourth-order valence-electron chi connectivity index (χ4n) is 4.20. The van der Waals surface area contributed by atoms with Crippen molar-refractivity contribution < 1.29 is 18.0 Å². The predicted octanol–water partition coefficient (Wildman–Crippen LogP) is 5.44. The number of carbonyl (C=O) groups is 1. The van der Waals surface area contributed by atoms with E-state index in [1.165, 1.54) is 12.1 Å². The summed E-state index contributed by atoms with van der Waals surface area (Å²) in [5.74, 6) is -0.545. The fourth-order valence-corrected chi connectivity index (χ4v) is 4.20. The Morgan fingerprint density at radius 3 is 2.45 bits per heavy atom. The summed E-state index contributed by atoms with van der Waals surface area (Å²) < 4.78 is 40.8. The van der Waals surface area contributed by atoms with Crippen molar-refractivity contribution in [3.63, 3.8) is 0 Å². The summed E-state index contributed by atoms with van der Waals surface area (Å²) in [5.41, 5.74) is 1.15. The molecule has 0 aliphatic carbocycles. The summed E-state index contributed by atoms with van der Waals surface area (Å²) in [7, 11) is 1.74. The molecule has 4 rings (SSSR count). The summed E-state index contributed by atoms with van der Waals surface area (Å²) in [5, 5.41) is 13.1. The van der Waals surface area contributed by atoms with Gasteiger partial charge in [0.05, 0.1) is 22.7 Å². The van der Waals surface area contributed by atoms with Crippen LogP contribution in [0.5, 0.6) is 0 Å². The van der Waals surface area contributed by atoms with Crippen molar-refractivity contribution >= 4 is 28.2 Å². The molecule has 8 heteroatoms. The van der Waals surface area contributed by atoms with E-state index in [1.807, 2.05) is 32.9 Å². The van der Waals surface area contributed by atoms with Gasteiger partial charge >= 0.3 is 0 Å². The van der Waals surface area contributed by atoms with Gasteiger partial charge in [-0.05, 0) is 45.4 Å². The second-order valence-corrected chi connectivity index (χ2v) is 8.46. The molecular weight excluding hydrogens is 405 g/mol. The average Bonchev–Trinajstić information content (AvgIpc) is 2.89. The van der Waals surface area contributed by atoms with Gasteiger partial charge in [-0.2, -0.15) is 5.10 Å². The summed E-state index contributed by atoms with van der Waals surface area (Å²) in [4.78, 5) is 14.3. The molecule has 3 aromatic rings. The van der Waals surface area contributed by atoms with E-state index in [2.05, 4.69) is 15.5 Å². The van der Waals surface area contributed by atoms with Gasteiger partial charge in [-0.25, -0.2) is 13.2 Å². The van der Waals surface area contributed by atoms with Gasteiger partial charge in [-0.15, -0.1) is 5.10 Å². The van der Waals surface area contributed by atoms with Crippen LogP contribution in [0.2, 0.25) is 0 Å². The number of hydrogen-bond donors (Lipinski definition) is 1. The van der Waals surface area contributed by atoms with Crippen LogP contribution >= 0.6 is 0 Å². The smallest absolute Gasteiger partial charge is 0.266 e. The second kappa shape index (κ2) is 7.21. The third-order valence-corrected chi connectivity index (χ3v) is 6.07. The third-order valence-electron chi connectivity index (χ3n) is 6.07. The van der Waals surface area contributed by atoms with Crippen LogP contribution in [0, 0.1) is 12.7 Å². The van der Waals surface area contributed by atoms with Crippen LogP contribution in [-0.2, 0) is 10.2 Å². The number of alkyl halides is 2. The highest BCUT2D eigenvalue weighted by Gasteiger charge is 2.42. The lowest BCUT2D eigenvalue weighted by molar-refractivity contribution is -0.121. The lowest BCUT2D eigenvalue weighted by Gasteiger charge is -2.20. The Morgan fingerprint density at radius 2 is 1.77 bits per heavy atom. The Hall–Kier alpha value is -3.16. The number of hydrogen-bond acceptors (Lipinski definition) is 4. The molecule has 1 N–H and O–H groups in total. The highest BCUT2D eigenvalue weighted by molar-refractivity contribution is 6.10. The summed E-state index contributed by atoms with van der Waals surface area (Å²) >= 11 is 0. The number of aryl methyl sites for hydroxylation is 1. The summed E-state index contributed by atoms with van der Waals surface area (Å²) in [6, 6.07) is 7.15. The normalized spacial score (nSPS) is 16.2. The molecule has 0 radical (unpaired) electrons. The van der Waals surface area contributed by atoms with E-state index in [9.17, 15) is 18.0 Å². The average molecular weight is 428 g/mol. The van der Waals surface area contributed by atoms with E-state index >= 15 is 0 Å². The van der Waals surface area contributed by atoms with Gasteiger partial charge in [0.25, 0.3) is 6.43 Å². The van der Waals surface area contributed by atoms with Crippen LogP contribution in [0.15, 0.2) is 30.3 Å². The van der Waals surface area contributed by atoms with Crippen LogP contribution in [0.25, 0.3) is 10.8 Å². The number of aromatic nitrogens is 2. The number of rotatable bonds is 4. The first-order valence-electron chi connectivity index (χ1n) is 9.96. The van der Waals surface area contributed by atoms with Crippen molar-refractivity contribution in [2.24, 2.45) is 0 Å². The molecule has 5 nitrogen and oxygen atoms in total. The van der Waals surface area contributed by atoms with Crippen LogP contribution in [0.3, 0.4) is 0 Å².